The summed E-state index contributed by atoms with van der Waals surface area (Å²) in [5.74, 6) is 0.148. The topological polar surface area (TPSA) is 51.2 Å². The van der Waals surface area contributed by atoms with Crippen LogP contribution in [-0.2, 0) is 11.3 Å². The summed E-state index contributed by atoms with van der Waals surface area (Å²) in [4.78, 5) is 16.0. The number of carbonyl (C=O) groups excluding carboxylic acids is 1. The molecule has 0 fully saturated rings. The van der Waals surface area contributed by atoms with Gasteiger partial charge in [0, 0.05) is 13.2 Å². The third-order valence-corrected chi connectivity index (χ3v) is 2.75. The Labute approximate surface area is 132 Å². The third kappa shape index (κ3) is 5.56. The van der Waals surface area contributed by atoms with Crippen LogP contribution in [0.2, 0.25) is 0 Å². The van der Waals surface area contributed by atoms with E-state index in [-0.39, 0.29) is 12.6 Å². The van der Waals surface area contributed by atoms with Crippen LogP contribution >= 0.6 is 0 Å². The second-order valence-electron chi connectivity index (χ2n) is 4.92. The molecule has 1 heterocycles. The van der Waals surface area contributed by atoms with Crippen molar-refractivity contribution in [2.24, 2.45) is 0 Å². The summed E-state index contributed by atoms with van der Waals surface area (Å²) < 4.78 is 5.28. The molecule has 2 aromatic rings. The van der Waals surface area contributed by atoms with Gasteiger partial charge in [0.05, 0.1) is 0 Å². The van der Waals surface area contributed by atoms with Crippen molar-refractivity contribution < 1.29 is 9.53 Å². The predicted octanol–water partition coefficient (Wildman–Crippen LogP) is 4.21. The van der Waals surface area contributed by atoms with Gasteiger partial charge in [-0.15, -0.1) is 0 Å². The van der Waals surface area contributed by atoms with Crippen molar-refractivity contribution in [3.63, 3.8) is 0 Å². The molecule has 4 heteroatoms. The van der Waals surface area contributed by atoms with Gasteiger partial charge in [0.25, 0.3) is 0 Å². The van der Waals surface area contributed by atoms with Crippen LogP contribution in [0.15, 0.2) is 42.6 Å². The summed E-state index contributed by atoms with van der Waals surface area (Å²) in [7, 11) is 1.72. The van der Waals surface area contributed by atoms with Gasteiger partial charge in [0.15, 0.2) is 0 Å². The van der Waals surface area contributed by atoms with Gasteiger partial charge < -0.3 is 10.1 Å². The van der Waals surface area contributed by atoms with Crippen molar-refractivity contribution in [1.82, 2.24) is 4.98 Å². The minimum atomic E-state index is -0.377. The number of esters is 1. The Bertz CT molecular complexity index is 580. The molecule has 0 spiro atoms. The lowest BCUT2D eigenvalue weighted by Gasteiger charge is -2.08. The number of hydrogen-bond acceptors (Lipinski definition) is 4. The van der Waals surface area contributed by atoms with Crippen molar-refractivity contribution in [3.8, 4) is 0 Å². The number of rotatable bonds is 4. The van der Waals surface area contributed by atoms with Gasteiger partial charge in [-0.05, 0) is 24.6 Å². The molecule has 4 nitrogen and oxygen atoms in total. The average Bonchev–Trinajstić information content (AvgIpc) is 2.54. The molecule has 0 aliphatic rings. The van der Waals surface area contributed by atoms with E-state index in [2.05, 4.69) is 24.1 Å². The summed E-state index contributed by atoms with van der Waals surface area (Å²) in [5, 5.41) is 2.87. The summed E-state index contributed by atoms with van der Waals surface area (Å²) in [6.45, 7) is 6.53. The SMILES string of the molecule is CCC.CNc1ncccc1C(=O)OCc1ccc(C)cc1. The van der Waals surface area contributed by atoms with Crippen molar-refractivity contribution in [3.05, 3.63) is 59.3 Å². The van der Waals surface area contributed by atoms with Crippen molar-refractivity contribution in [1.29, 1.82) is 0 Å². The van der Waals surface area contributed by atoms with Crippen LogP contribution in [0.5, 0.6) is 0 Å². The zero-order valence-electron chi connectivity index (χ0n) is 13.7. The molecule has 1 N–H and O–H groups in total. The summed E-state index contributed by atoms with van der Waals surface area (Å²) in [6, 6.07) is 11.3. The van der Waals surface area contributed by atoms with Gasteiger partial charge in [0.2, 0.25) is 0 Å². The highest BCUT2D eigenvalue weighted by Gasteiger charge is 2.12. The molecular formula is C18H24N2O2. The zero-order valence-corrected chi connectivity index (χ0v) is 13.7. The number of carbonyl (C=O) groups is 1. The van der Waals surface area contributed by atoms with E-state index in [9.17, 15) is 4.79 Å². The van der Waals surface area contributed by atoms with Gasteiger partial charge in [-0.1, -0.05) is 50.1 Å². The average molecular weight is 300 g/mol. The molecule has 0 unspecified atom stereocenters. The highest BCUT2D eigenvalue weighted by atomic mass is 16.5. The lowest BCUT2D eigenvalue weighted by atomic mass is 10.2. The molecule has 2 rings (SSSR count). The number of hydrogen-bond donors (Lipinski definition) is 1. The van der Waals surface area contributed by atoms with Crippen LogP contribution < -0.4 is 5.32 Å². The van der Waals surface area contributed by atoms with E-state index in [0.29, 0.717) is 11.4 Å². The van der Waals surface area contributed by atoms with Crippen LogP contribution in [0.4, 0.5) is 5.82 Å². The van der Waals surface area contributed by atoms with Crippen molar-refractivity contribution in [2.45, 2.75) is 33.8 Å². The second-order valence-corrected chi connectivity index (χ2v) is 4.92. The fourth-order valence-electron chi connectivity index (χ4n) is 1.68. The molecule has 0 amide bonds. The minimum Gasteiger partial charge on any atom is -0.457 e. The molecule has 0 atom stereocenters. The first kappa shape index (κ1) is 17.7. The van der Waals surface area contributed by atoms with E-state index in [1.165, 1.54) is 12.0 Å². The number of nitrogens with zero attached hydrogens (tertiary/aromatic N) is 1. The molecular weight excluding hydrogens is 276 g/mol. The quantitative estimate of drug-likeness (QED) is 0.860. The molecule has 0 aliphatic heterocycles. The van der Waals surface area contributed by atoms with Gasteiger partial charge in [-0.2, -0.15) is 0 Å². The maximum absolute atomic E-state index is 12.0. The van der Waals surface area contributed by atoms with Gasteiger partial charge in [-0.25, -0.2) is 9.78 Å². The van der Waals surface area contributed by atoms with E-state index in [0.717, 1.165) is 5.56 Å². The second kappa shape index (κ2) is 9.55. The Hall–Kier alpha value is -2.36. The smallest absolute Gasteiger partial charge is 0.342 e. The molecule has 118 valence electrons. The van der Waals surface area contributed by atoms with Crippen LogP contribution in [-0.4, -0.2) is 18.0 Å². The molecule has 22 heavy (non-hydrogen) atoms. The number of aromatic nitrogens is 1. The molecule has 0 saturated heterocycles. The largest absolute Gasteiger partial charge is 0.457 e. The van der Waals surface area contributed by atoms with Gasteiger partial charge >= 0.3 is 5.97 Å². The van der Waals surface area contributed by atoms with Crippen LogP contribution in [0.3, 0.4) is 0 Å². The normalized spacial score (nSPS) is 9.45. The van der Waals surface area contributed by atoms with Crippen LogP contribution in [0.1, 0.15) is 41.8 Å². The molecule has 0 saturated carbocycles. The van der Waals surface area contributed by atoms with E-state index in [4.69, 9.17) is 4.74 Å². The number of aryl methyl sites for hydroxylation is 1. The lowest BCUT2D eigenvalue weighted by molar-refractivity contribution is 0.0473. The van der Waals surface area contributed by atoms with Crippen molar-refractivity contribution >= 4 is 11.8 Å². The monoisotopic (exact) mass is 300 g/mol. The lowest BCUT2D eigenvalue weighted by Crippen LogP contribution is -2.09. The molecule has 1 aromatic carbocycles. The van der Waals surface area contributed by atoms with Crippen LogP contribution in [0.25, 0.3) is 0 Å². The first-order valence-corrected chi connectivity index (χ1v) is 7.47. The fourth-order valence-corrected chi connectivity index (χ4v) is 1.68. The minimum absolute atomic E-state index is 0.261. The van der Waals surface area contributed by atoms with E-state index in [1.54, 1.807) is 25.4 Å². The molecule has 0 radical (unpaired) electrons. The molecule has 0 aliphatic carbocycles. The van der Waals surface area contributed by atoms with Crippen molar-refractivity contribution in [2.75, 3.05) is 12.4 Å². The number of nitrogens with one attached hydrogen (secondary N) is 1. The standard InChI is InChI=1S/C15H16N2O2.C3H8/c1-11-5-7-12(8-6-11)10-19-15(18)13-4-3-9-17-14(13)16-2;1-3-2/h3-9H,10H2,1-2H3,(H,16,17);3H2,1-2H3. The maximum atomic E-state index is 12.0. The predicted molar refractivity (Wildman–Crippen MR) is 90.0 cm³/mol. The summed E-state index contributed by atoms with van der Waals surface area (Å²) >= 11 is 0. The third-order valence-electron chi connectivity index (χ3n) is 2.75. The zero-order chi connectivity index (χ0) is 16.4. The first-order valence-electron chi connectivity index (χ1n) is 7.47. The number of ether oxygens (including phenoxy) is 1. The van der Waals surface area contributed by atoms with E-state index in [1.807, 2.05) is 31.2 Å². The fraction of sp³-hybridized carbons (Fsp3) is 0.333. The number of anilines is 1. The molecule has 0 bridgehead atoms. The van der Waals surface area contributed by atoms with Crippen LogP contribution in [0, 0.1) is 6.92 Å². The summed E-state index contributed by atoms with van der Waals surface area (Å²) in [5.41, 5.74) is 2.59. The number of pyridine rings is 1. The van der Waals surface area contributed by atoms with Gasteiger partial charge in [0.1, 0.15) is 18.0 Å². The van der Waals surface area contributed by atoms with E-state index < -0.39 is 0 Å². The summed E-state index contributed by atoms with van der Waals surface area (Å²) in [6.07, 6.45) is 2.88. The Morgan fingerprint density at radius 2 is 1.82 bits per heavy atom. The highest BCUT2D eigenvalue weighted by molar-refractivity contribution is 5.94. The Morgan fingerprint density at radius 3 is 2.41 bits per heavy atom. The maximum Gasteiger partial charge on any atom is 0.342 e. The highest BCUT2D eigenvalue weighted by Crippen LogP contribution is 2.13. The first-order chi connectivity index (χ1) is 10.6. The van der Waals surface area contributed by atoms with Gasteiger partial charge in [-0.3, -0.25) is 0 Å². The Kier molecular flexibility index (Phi) is 7.68. The number of benzene rings is 1. The molecule has 1 aromatic heterocycles. The van der Waals surface area contributed by atoms with E-state index >= 15 is 0 Å². The Morgan fingerprint density at radius 1 is 1.18 bits per heavy atom. The Balaban J connectivity index is 0.000000745.